The van der Waals surface area contributed by atoms with Crippen LogP contribution >= 0.6 is 0 Å². The summed E-state index contributed by atoms with van der Waals surface area (Å²) >= 11 is 0. The standard InChI is InChI=1S/C21H19N3O3/c1-27-17-12-10-15(11-13-17)14-22-20(25)18-8-5-9-19(24-18)21(26)23-16-6-3-2-4-7-16/h2-13H,14H2,1H3,(H,22,25)(H,23,26). The van der Waals surface area contributed by atoms with Crippen molar-refractivity contribution in [2.45, 2.75) is 6.54 Å². The molecule has 6 heteroatoms. The molecule has 0 saturated heterocycles. The molecule has 1 aromatic heterocycles. The fraction of sp³-hybridized carbons (Fsp3) is 0.0952. The molecule has 0 unspecified atom stereocenters. The van der Waals surface area contributed by atoms with Gasteiger partial charge in [-0.15, -0.1) is 0 Å². The Balaban J connectivity index is 1.63. The van der Waals surface area contributed by atoms with Gasteiger partial charge in [0, 0.05) is 12.2 Å². The highest BCUT2D eigenvalue weighted by molar-refractivity contribution is 6.03. The lowest BCUT2D eigenvalue weighted by Gasteiger charge is -2.08. The molecule has 0 atom stereocenters. The van der Waals surface area contributed by atoms with Gasteiger partial charge in [0.05, 0.1) is 7.11 Å². The van der Waals surface area contributed by atoms with Crippen molar-refractivity contribution >= 4 is 17.5 Å². The minimum Gasteiger partial charge on any atom is -0.497 e. The Hall–Kier alpha value is -3.67. The number of hydrogen-bond acceptors (Lipinski definition) is 4. The SMILES string of the molecule is COc1ccc(CNC(=O)c2cccc(C(=O)Nc3ccccc3)n2)cc1. The number of methoxy groups -OCH3 is 1. The molecule has 2 N–H and O–H groups in total. The Morgan fingerprint density at radius 1 is 0.852 bits per heavy atom. The fourth-order valence-electron chi connectivity index (χ4n) is 2.42. The van der Waals surface area contributed by atoms with Crippen LogP contribution in [0.1, 0.15) is 26.5 Å². The van der Waals surface area contributed by atoms with Crippen LogP contribution in [0.3, 0.4) is 0 Å². The monoisotopic (exact) mass is 361 g/mol. The number of nitrogens with one attached hydrogen (secondary N) is 2. The van der Waals surface area contributed by atoms with Crippen LogP contribution in [0.5, 0.6) is 5.75 Å². The van der Waals surface area contributed by atoms with Gasteiger partial charge in [0.2, 0.25) is 0 Å². The summed E-state index contributed by atoms with van der Waals surface area (Å²) < 4.78 is 5.11. The van der Waals surface area contributed by atoms with Gasteiger partial charge in [-0.25, -0.2) is 4.98 Å². The number of carbonyl (C=O) groups excluding carboxylic acids is 2. The summed E-state index contributed by atoms with van der Waals surface area (Å²) in [6.45, 7) is 0.352. The Bertz CT molecular complexity index is 925. The highest BCUT2D eigenvalue weighted by Gasteiger charge is 2.12. The average Bonchev–Trinajstić information content (AvgIpc) is 2.73. The van der Waals surface area contributed by atoms with Gasteiger partial charge in [-0.3, -0.25) is 9.59 Å². The minimum absolute atomic E-state index is 0.177. The van der Waals surface area contributed by atoms with Gasteiger partial charge in [0.1, 0.15) is 17.1 Å². The zero-order valence-electron chi connectivity index (χ0n) is 14.8. The second-order valence-electron chi connectivity index (χ2n) is 5.76. The van der Waals surface area contributed by atoms with Crippen molar-refractivity contribution in [1.82, 2.24) is 10.3 Å². The van der Waals surface area contributed by atoms with E-state index in [1.807, 2.05) is 42.5 Å². The van der Waals surface area contributed by atoms with Crippen LogP contribution in [0.4, 0.5) is 5.69 Å². The van der Waals surface area contributed by atoms with E-state index in [4.69, 9.17) is 4.74 Å². The molecule has 0 aliphatic carbocycles. The van der Waals surface area contributed by atoms with E-state index in [9.17, 15) is 9.59 Å². The largest absolute Gasteiger partial charge is 0.497 e. The van der Waals surface area contributed by atoms with E-state index in [1.54, 1.807) is 37.4 Å². The van der Waals surface area contributed by atoms with Gasteiger partial charge in [-0.1, -0.05) is 36.4 Å². The van der Waals surface area contributed by atoms with E-state index >= 15 is 0 Å². The second kappa shape index (κ2) is 8.62. The van der Waals surface area contributed by atoms with Gasteiger partial charge in [-0.05, 0) is 42.0 Å². The molecular formula is C21H19N3O3. The summed E-state index contributed by atoms with van der Waals surface area (Å²) in [5, 5.41) is 5.54. The lowest BCUT2D eigenvalue weighted by molar-refractivity contribution is 0.0945. The number of hydrogen-bond donors (Lipinski definition) is 2. The van der Waals surface area contributed by atoms with E-state index in [0.29, 0.717) is 12.2 Å². The maximum atomic E-state index is 12.3. The number of para-hydroxylation sites is 1. The molecular weight excluding hydrogens is 342 g/mol. The smallest absolute Gasteiger partial charge is 0.274 e. The molecule has 2 aromatic carbocycles. The summed E-state index contributed by atoms with van der Waals surface area (Å²) in [7, 11) is 1.60. The molecule has 136 valence electrons. The summed E-state index contributed by atoms with van der Waals surface area (Å²) in [5.41, 5.74) is 1.96. The number of pyridine rings is 1. The molecule has 2 amide bonds. The molecule has 0 radical (unpaired) electrons. The second-order valence-corrected chi connectivity index (χ2v) is 5.76. The van der Waals surface area contributed by atoms with Crippen LogP contribution < -0.4 is 15.4 Å². The fourth-order valence-corrected chi connectivity index (χ4v) is 2.42. The minimum atomic E-state index is -0.369. The number of ether oxygens (including phenoxy) is 1. The Labute approximate surface area is 157 Å². The van der Waals surface area contributed by atoms with E-state index in [2.05, 4.69) is 15.6 Å². The van der Waals surface area contributed by atoms with Gasteiger partial charge >= 0.3 is 0 Å². The third-order valence-corrected chi connectivity index (χ3v) is 3.86. The normalized spacial score (nSPS) is 10.1. The van der Waals surface area contributed by atoms with Crippen molar-refractivity contribution in [3.8, 4) is 5.75 Å². The molecule has 0 spiro atoms. The van der Waals surface area contributed by atoms with Crippen LogP contribution in [-0.4, -0.2) is 23.9 Å². The predicted octanol–water partition coefficient (Wildman–Crippen LogP) is 3.27. The van der Waals surface area contributed by atoms with E-state index in [0.717, 1.165) is 11.3 Å². The first-order chi connectivity index (χ1) is 13.2. The van der Waals surface area contributed by atoms with E-state index in [1.165, 1.54) is 0 Å². The quantitative estimate of drug-likeness (QED) is 0.706. The molecule has 27 heavy (non-hydrogen) atoms. The van der Waals surface area contributed by atoms with Crippen LogP contribution in [0.2, 0.25) is 0 Å². The third-order valence-electron chi connectivity index (χ3n) is 3.86. The summed E-state index contributed by atoms with van der Waals surface area (Å²) in [5.74, 6) is 0.0371. The number of aromatic nitrogens is 1. The van der Waals surface area contributed by atoms with Crippen molar-refractivity contribution in [3.63, 3.8) is 0 Å². The van der Waals surface area contributed by atoms with Crippen LogP contribution in [-0.2, 0) is 6.54 Å². The van der Waals surface area contributed by atoms with Crippen molar-refractivity contribution in [2.24, 2.45) is 0 Å². The van der Waals surface area contributed by atoms with E-state index < -0.39 is 0 Å². The maximum Gasteiger partial charge on any atom is 0.274 e. The zero-order valence-corrected chi connectivity index (χ0v) is 14.8. The molecule has 6 nitrogen and oxygen atoms in total. The molecule has 0 saturated carbocycles. The topological polar surface area (TPSA) is 80.3 Å². The summed E-state index contributed by atoms with van der Waals surface area (Å²) in [6, 6.07) is 21.2. The molecule has 0 bridgehead atoms. The average molecular weight is 361 g/mol. The molecule has 0 aliphatic rings. The van der Waals surface area contributed by atoms with Gasteiger partial charge in [0.15, 0.2) is 0 Å². The Morgan fingerprint density at radius 2 is 1.52 bits per heavy atom. The van der Waals surface area contributed by atoms with Crippen LogP contribution in [0.15, 0.2) is 72.8 Å². The Morgan fingerprint density at radius 3 is 2.19 bits per heavy atom. The first kappa shape index (κ1) is 18.1. The lowest BCUT2D eigenvalue weighted by Crippen LogP contribution is -2.25. The van der Waals surface area contributed by atoms with Crippen molar-refractivity contribution < 1.29 is 14.3 Å². The van der Waals surface area contributed by atoms with Crippen molar-refractivity contribution in [3.05, 3.63) is 89.7 Å². The predicted molar refractivity (Wildman–Crippen MR) is 103 cm³/mol. The molecule has 3 rings (SSSR count). The third kappa shape index (κ3) is 4.92. The molecule has 1 heterocycles. The molecule has 0 fully saturated rings. The van der Waals surface area contributed by atoms with Crippen LogP contribution in [0.25, 0.3) is 0 Å². The highest BCUT2D eigenvalue weighted by atomic mass is 16.5. The maximum absolute atomic E-state index is 12.3. The zero-order chi connectivity index (χ0) is 19.1. The number of nitrogens with zero attached hydrogens (tertiary/aromatic N) is 1. The highest BCUT2D eigenvalue weighted by Crippen LogP contribution is 2.11. The van der Waals surface area contributed by atoms with E-state index in [-0.39, 0.29) is 23.2 Å². The van der Waals surface area contributed by atoms with Gasteiger partial charge in [0.25, 0.3) is 11.8 Å². The summed E-state index contributed by atoms with van der Waals surface area (Å²) in [6.07, 6.45) is 0. The van der Waals surface area contributed by atoms with Crippen molar-refractivity contribution in [2.75, 3.05) is 12.4 Å². The van der Waals surface area contributed by atoms with Gasteiger partial charge < -0.3 is 15.4 Å². The van der Waals surface area contributed by atoms with Crippen molar-refractivity contribution in [1.29, 1.82) is 0 Å². The Kier molecular flexibility index (Phi) is 5.79. The summed E-state index contributed by atoms with van der Waals surface area (Å²) in [4.78, 5) is 28.8. The number of anilines is 1. The number of rotatable bonds is 6. The number of carbonyl (C=O) groups is 2. The molecule has 0 aliphatic heterocycles. The van der Waals surface area contributed by atoms with Crippen LogP contribution in [0, 0.1) is 0 Å². The number of benzene rings is 2. The molecule has 3 aromatic rings. The van der Waals surface area contributed by atoms with Gasteiger partial charge in [-0.2, -0.15) is 0 Å². The first-order valence-corrected chi connectivity index (χ1v) is 8.40. The number of amides is 2. The lowest BCUT2D eigenvalue weighted by atomic mass is 10.2. The first-order valence-electron chi connectivity index (χ1n) is 8.40.